The summed E-state index contributed by atoms with van der Waals surface area (Å²) in [6.07, 6.45) is 19.3. The van der Waals surface area contributed by atoms with E-state index >= 15 is 0 Å². The van der Waals surface area contributed by atoms with Crippen LogP contribution in [0.25, 0.3) is 0 Å². The molecule has 1 heteroatoms. The Balaban J connectivity index is 1.69. The molecule has 3 aliphatic rings. The molecular weight excluding hydrogens is 208 g/mol. The molecule has 0 amide bonds. The maximum Gasteiger partial charge on any atom is 0.167 e. The van der Waals surface area contributed by atoms with E-state index in [0.717, 1.165) is 23.8 Å². The molecule has 0 heterocycles. The molecule has 17 heavy (non-hydrogen) atoms. The van der Waals surface area contributed by atoms with E-state index in [0.29, 0.717) is 6.42 Å². The van der Waals surface area contributed by atoms with E-state index in [2.05, 4.69) is 24.3 Å². The second-order valence-electron chi connectivity index (χ2n) is 4.95. The highest BCUT2D eigenvalue weighted by Crippen LogP contribution is 2.44. The highest BCUT2D eigenvalue weighted by molar-refractivity contribution is 6.00. The fourth-order valence-electron chi connectivity index (χ4n) is 2.40. The van der Waals surface area contributed by atoms with Crippen LogP contribution in [0.3, 0.4) is 0 Å². The van der Waals surface area contributed by atoms with Crippen LogP contribution < -0.4 is 0 Å². The largest absolute Gasteiger partial charge is 0.294 e. The van der Waals surface area contributed by atoms with Crippen LogP contribution in [0.4, 0.5) is 0 Å². The van der Waals surface area contributed by atoms with Crippen molar-refractivity contribution in [1.29, 1.82) is 0 Å². The number of carbonyl (C=O) groups excluding carboxylic acids is 1. The Morgan fingerprint density at radius 1 is 1.24 bits per heavy atom. The highest BCUT2D eigenvalue weighted by Gasteiger charge is 2.35. The fourth-order valence-corrected chi connectivity index (χ4v) is 2.40. The molecule has 1 saturated carbocycles. The maximum absolute atomic E-state index is 12.1. The van der Waals surface area contributed by atoms with E-state index in [-0.39, 0.29) is 5.78 Å². The molecular formula is C16H16O. The van der Waals surface area contributed by atoms with Crippen LogP contribution in [0.2, 0.25) is 0 Å². The molecule has 3 aliphatic carbocycles. The quantitative estimate of drug-likeness (QED) is 0.716. The van der Waals surface area contributed by atoms with Crippen molar-refractivity contribution in [2.24, 2.45) is 11.8 Å². The summed E-state index contributed by atoms with van der Waals surface area (Å²) < 4.78 is 0. The molecule has 0 aromatic carbocycles. The SMILES string of the molecule is O=C(CC1=CC2CC2C=C1)C1=CC=CCC=C1. The minimum absolute atomic E-state index is 0.225. The first-order valence-corrected chi connectivity index (χ1v) is 6.28. The van der Waals surface area contributed by atoms with E-state index < -0.39 is 0 Å². The molecule has 0 radical (unpaired) electrons. The van der Waals surface area contributed by atoms with Crippen molar-refractivity contribution in [3.05, 3.63) is 59.8 Å². The van der Waals surface area contributed by atoms with Gasteiger partial charge in [-0.05, 0) is 30.3 Å². The highest BCUT2D eigenvalue weighted by atomic mass is 16.1. The molecule has 0 aromatic rings. The van der Waals surface area contributed by atoms with Crippen molar-refractivity contribution in [2.45, 2.75) is 19.3 Å². The number of hydrogen-bond donors (Lipinski definition) is 0. The van der Waals surface area contributed by atoms with Crippen LogP contribution in [0.15, 0.2) is 59.8 Å². The Morgan fingerprint density at radius 2 is 2.18 bits per heavy atom. The summed E-state index contributed by atoms with van der Waals surface area (Å²) in [5, 5.41) is 0. The van der Waals surface area contributed by atoms with Gasteiger partial charge in [-0.25, -0.2) is 0 Å². The van der Waals surface area contributed by atoms with Gasteiger partial charge < -0.3 is 0 Å². The molecule has 0 aromatic heterocycles. The number of rotatable bonds is 3. The molecule has 0 spiro atoms. The van der Waals surface area contributed by atoms with Gasteiger partial charge in [0, 0.05) is 12.0 Å². The lowest BCUT2D eigenvalue weighted by molar-refractivity contribution is -0.114. The summed E-state index contributed by atoms with van der Waals surface area (Å²) in [4.78, 5) is 12.1. The van der Waals surface area contributed by atoms with Crippen molar-refractivity contribution in [3.8, 4) is 0 Å². The first-order chi connectivity index (χ1) is 8.33. The van der Waals surface area contributed by atoms with Gasteiger partial charge in [-0.2, -0.15) is 0 Å². The summed E-state index contributed by atoms with van der Waals surface area (Å²) in [6, 6.07) is 0. The van der Waals surface area contributed by atoms with Crippen LogP contribution in [-0.4, -0.2) is 5.78 Å². The molecule has 0 saturated heterocycles. The average Bonchev–Trinajstić information content (AvgIpc) is 3.11. The van der Waals surface area contributed by atoms with Crippen molar-refractivity contribution < 1.29 is 4.79 Å². The summed E-state index contributed by atoms with van der Waals surface area (Å²) in [5.74, 6) is 1.72. The smallest absolute Gasteiger partial charge is 0.167 e. The van der Waals surface area contributed by atoms with E-state index in [1.807, 2.05) is 24.3 Å². The van der Waals surface area contributed by atoms with Crippen LogP contribution in [0.5, 0.6) is 0 Å². The van der Waals surface area contributed by atoms with Crippen molar-refractivity contribution in [3.63, 3.8) is 0 Å². The van der Waals surface area contributed by atoms with Crippen molar-refractivity contribution >= 4 is 5.78 Å². The standard InChI is InChI=1S/C16H16O/c17-16(13-5-3-1-2-4-6-13)10-12-7-8-14-11-15(14)9-12/h1,3-9,14-15H,2,10-11H2. The zero-order valence-electron chi connectivity index (χ0n) is 9.80. The lowest BCUT2D eigenvalue weighted by Gasteiger charge is -2.06. The second kappa shape index (κ2) is 4.33. The Labute approximate surface area is 102 Å². The monoisotopic (exact) mass is 224 g/mol. The predicted octanol–water partition coefficient (Wildman–Crippen LogP) is 3.52. The van der Waals surface area contributed by atoms with Gasteiger partial charge in [-0.15, -0.1) is 0 Å². The van der Waals surface area contributed by atoms with Gasteiger partial charge in [0.1, 0.15) is 0 Å². The minimum atomic E-state index is 0.225. The Kier molecular flexibility index (Phi) is 2.68. The maximum atomic E-state index is 12.1. The van der Waals surface area contributed by atoms with Gasteiger partial charge in [0.05, 0.1) is 0 Å². The molecule has 1 fully saturated rings. The van der Waals surface area contributed by atoms with Gasteiger partial charge in [0.25, 0.3) is 0 Å². The summed E-state index contributed by atoms with van der Waals surface area (Å²) >= 11 is 0. The predicted molar refractivity (Wildman–Crippen MR) is 69.4 cm³/mol. The zero-order chi connectivity index (χ0) is 11.7. The molecule has 0 bridgehead atoms. The van der Waals surface area contributed by atoms with Crippen LogP contribution >= 0.6 is 0 Å². The summed E-state index contributed by atoms with van der Waals surface area (Å²) in [6.45, 7) is 0. The summed E-state index contributed by atoms with van der Waals surface area (Å²) in [5.41, 5.74) is 2.02. The molecule has 2 unspecified atom stereocenters. The molecule has 3 rings (SSSR count). The number of carbonyl (C=O) groups is 1. The first kappa shape index (κ1) is 10.5. The van der Waals surface area contributed by atoms with E-state index in [9.17, 15) is 4.79 Å². The Morgan fingerprint density at radius 3 is 3.06 bits per heavy atom. The third-order valence-electron chi connectivity index (χ3n) is 3.54. The fraction of sp³-hybridized carbons (Fsp3) is 0.312. The topological polar surface area (TPSA) is 17.1 Å². The zero-order valence-corrected chi connectivity index (χ0v) is 9.80. The molecule has 2 atom stereocenters. The van der Waals surface area contributed by atoms with Crippen LogP contribution in [-0.2, 0) is 4.79 Å². The van der Waals surface area contributed by atoms with Crippen LogP contribution in [0.1, 0.15) is 19.3 Å². The number of fused-ring (bicyclic) bond motifs is 1. The van der Waals surface area contributed by atoms with Gasteiger partial charge in [-0.3, -0.25) is 4.79 Å². The van der Waals surface area contributed by atoms with Gasteiger partial charge in [0.2, 0.25) is 0 Å². The summed E-state index contributed by atoms with van der Waals surface area (Å²) in [7, 11) is 0. The van der Waals surface area contributed by atoms with Gasteiger partial charge >= 0.3 is 0 Å². The normalized spacial score (nSPS) is 29.2. The number of ketones is 1. The van der Waals surface area contributed by atoms with Gasteiger partial charge in [0.15, 0.2) is 5.78 Å². The van der Waals surface area contributed by atoms with Crippen LogP contribution in [0, 0.1) is 11.8 Å². The molecule has 0 aliphatic heterocycles. The lowest BCUT2D eigenvalue weighted by Crippen LogP contribution is -2.02. The van der Waals surface area contributed by atoms with Crippen molar-refractivity contribution in [1.82, 2.24) is 0 Å². The number of hydrogen-bond acceptors (Lipinski definition) is 1. The minimum Gasteiger partial charge on any atom is -0.294 e. The molecule has 0 N–H and O–H groups in total. The number of Topliss-reactive ketones (excluding diaryl/α,β-unsaturated/α-hetero) is 1. The van der Waals surface area contributed by atoms with Gasteiger partial charge in [-0.1, -0.05) is 48.6 Å². The molecule has 86 valence electrons. The third-order valence-corrected chi connectivity index (χ3v) is 3.54. The third kappa shape index (κ3) is 2.38. The van der Waals surface area contributed by atoms with E-state index in [1.165, 1.54) is 12.0 Å². The van der Waals surface area contributed by atoms with Crippen molar-refractivity contribution in [2.75, 3.05) is 0 Å². The number of allylic oxidation sites excluding steroid dienone is 10. The average molecular weight is 224 g/mol. The van der Waals surface area contributed by atoms with E-state index in [1.54, 1.807) is 0 Å². The molecule has 1 nitrogen and oxygen atoms in total. The Bertz CT molecular complexity index is 486. The second-order valence-corrected chi connectivity index (χ2v) is 4.95. The Hall–Kier alpha value is -1.63. The van der Waals surface area contributed by atoms with E-state index in [4.69, 9.17) is 0 Å². The first-order valence-electron chi connectivity index (χ1n) is 6.28. The lowest BCUT2D eigenvalue weighted by atomic mass is 9.98.